The standard InChI is InChI=1S/C16H13F3N2O3/c1-24-13-9-5-3-7-11(13)15(23)21-20-14(22)10-6-2-4-8-12(10)16(17,18)19/h2-9H,1H3,(H,20,22)(H,21,23). The Morgan fingerprint density at radius 2 is 1.38 bits per heavy atom. The van der Waals surface area contributed by atoms with E-state index < -0.39 is 29.1 Å². The van der Waals surface area contributed by atoms with Crippen molar-refractivity contribution in [3.63, 3.8) is 0 Å². The molecule has 2 N–H and O–H groups in total. The second-order valence-corrected chi connectivity index (χ2v) is 4.65. The van der Waals surface area contributed by atoms with Gasteiger partial charge in [-0.25, -0.2) is 0 Å². The van der Waals surface area contributed by atoms with Crippen LogP contribution >= 0.6 is 0 Å². The van der Waals surface area contributed by atoms with Gasteiger partial charge in [0.1, 0.15) is 5.75 Å². The number of carbonyl (C=O) groups excluding carboxylic acids is 2. The lowest BCUT2D eigenvalue weighted by molar-refractivity contribution is -0.137. The van der Waals surface area contributed by atoms with Gasteiger partial charge in [0.25, 0.3) is 11.8 Å². The molecule has 0 heterocycles. The summed E-state index contributed by atoms with van der Waals surface area (Å²) >= 11 is 0. The van der Waals surface area contributed by atoms with E-state index in [4.69, 9.17) is 4.74 Å². The maximum atomic E-state index is 12.9. The van der Waals surface area contributed by atoms with Gasteiger partial charge in [-0.05, 0) is 24.3 Å². The molecule has 0 atom stereocenters. The largest absolute Gasteiger partial charge is 0.496 e. The number of para-hydroxylation sites is 1. The summed E-state index contributed by atoms with van der Waals surface area (Å²) in [5, 5.41) is 0. The number of hydrogen-bond acceptors (Lipinski definition) is 3. The monoisotopic (exact) mass is 338 g/mol. The topological polar surface area (TPSA) is 67.4 Å². The summed E-state index contributed by atoms with van der Waals surface area (Å²) in [4.78, 5) is 24.0. The highest BCUT2D eigenvalue weighted by Crippen LogP contribution is 2.31. The summed E-state index contributed by atoms with van der Waals surface area (Å²) < 4.78 is 43.7. The third-order valence-corrected chi connectivity index (χ3v) is 3.12. The van der Waals surface area contributed by atoms with Crippen molar-refractivity contribution < 1.29 is 27.5 Å². The third kappa shape index (κ3) is 3.83. The first-order valence-electron chi connectivity index (χ1n) is 6.74. The summed E-state index contributed by atoms with van der Waals surface area (Å²) in [7, 11) is 1.37. The number of amides is 2. The van der Waals surface area contributed by atoms with Crippen LogP contribution in [0.3, 0.4) is 0 Å². The number of halogens is 3. The van der Waals surface area contributed by atoms with Gasteiger partial charge >= 0.3 is 6.18 Å². The van der Waals surface area contributed by atoms with Crippen LogP contribution in [0.1, 0.15) is 26.3 Å². The van der Waals surface area contributed by atoms with Gasteiger partial charge in [-0.2, -0.15) is 13.2 Å². The highest BCUT2D eigenvalue weighted by molar-refractivity contribution is 6.01. The summed E-state index contributed by atoms with van der Waals surface area (Å²) in [6, 6.07) is 10.5. The fraction of sp³-hybridized carbons (Fsp3) is 0.125. The van der Waals surface area contributed by atoms with E-state index in [0.29, 0.717) is 0 Å². The summed E-state index contributed by atoms with van der Waals surface area (Å²) in [5.41, 5.74) is 2.48. The quantitative estimate of drug-likeness (QED) is 0.846. The summed E-state index contributed by atoms with van der Waals surface area (Å²) in [6.45, 7) is 0. The number of ether oxygens (including phenoxy) is 1. The Balaban J connectivity index is 2.13. The number of rotatable bonds is 3. The molecule has 0 aromatic heterocycles. The van der Waals surface area contributed by atoms with Crippen LogP contribution in [0, 0.1) is 0 Å². The minimum Gasteiger partial charge on any atom is -0.496 e. The molecule has 8 heteroatoms. The average molecular weight is 338 g/mol. The third-order valence-electron chi connectivity index (χ3n) is 3.12. The molecule has 0 saturated heterocycles. The zero-order valence-corrected chi connectivity index (χ0v) is 12.5. The fourth-order valence-corrected chi connectivity index (χ4v) is 2.01. The molecule has 0 aliphatic heterocycles. The van der Waals surface area contributed by atoms with Crippen LogP contribution < -0.4 is 15.6 Å². The Kier molecular flexibility index (Phi) is 5.08. The van der Waals surface area contributed by atoms with Crippen molar-refractivity contribution >= 4 is 11.8 Å². The van der Waals surface area contributed by atoms with Crippen LogP contribution in [0.4, 0.5) is 13.2 Å². The Morgan fingerprint density at radius 3 is 1.96 bits per heavy atom. The molecule has 2 amide bonds. The van der Waals surface area contributed by atoms with Gasteiger partial charge in [0, 0.05) is 0 Å². The van der Waals surface area contributed by atoms with E-state index in [9.17, 15) is 22.8 Å². The fourth-order valence-electron chi connectivity index (χ4n) is 2.01. The number of nitrogens with one attached hydrogen (secondary N) is 2. The number of methoxy groups -OCH3 is 1. The molecule has 24 heavy (non-hydrogen) atoms. The normalized spacial score (nSPS) is 10.8. The molecule has 0 radical (unpaired) electrons. The predicted octanol–water partition coefficient (Wildman–Crippen LogP) is 2.79. The van der Waals surface area contributed by atoms with Crippen molar-refractivity contribution in [3.05, 3.63) is 65.2 Å². The molecule has 0 spiro atoms. The lowest BCUT2D eigenvalue weighted by atomic mass is 10.1. The van der Waals surface area contributed by atoms with Gasteiger partial charge in [-0.1, -0.05) is 24.3 Å². The molecule has 0 fully saturated rings. The Morgan fingerprint density at radius 1 is 0.875 bits per heavy atom. The van der Waals surface area contributed by atoms with Gasteiger partial charge in [0.2, 0.25) is 0 Å². The van der Waals surface area contributed by atoms with Crippen LogP contribution in [0.2, 0.25) is 0 Å². The molecule has 2 rings (SSSR count). The van der Waals surface area contributed by atoms with Crippen LogP contribution in [0.15, 0.2) is 48.5 Å². The van der Waals surface area contributed by atoms with E-state index in [2.05, 4.69) is 5.43 Å². The van der Waals surface area contributed by atoms with E-state index in [1.807, 2.05) is 5.43 Å². The number of carbonyl (C=O) groups is 2. The first-order chi connectivity index (χ1) is 11.3. The second kappa shape index (κ2) is 7.03. The average Bonchev–Trinajstić information content (AvgIpc) is 2.58. The molecule has 0 aliphatic carbocycles. The Hall–Kier alpha value is -3.03. The molecule has 2 aromatic rings. The maximum Gasteiger partial charge on any atom is 0.417 e. The van der Waals surface area contributed by atoms with Gasteiger partial charge in [0.05, 0.1) is 23.8 Å². The van der Waals surface area contributed by atoms with Crippen molar-refractivity contribution in [1.82, 2.24) is 10.9 Å². The summed E-state index contributed by atoms with van der Waals surface area (Å²) in [6.07, 6.45) is -4.68. The van der Waals surface area contributed by atoms with E-state index in [1.54, 1.807) is 12.1 Å². The number of hydrogen-bond donors (Lipinski definition) is 2. The van der Waals surface area contributed by atoms with Crippen LogP contribution in [0.5, 0.6) is 5.75 Å². The molecular weight excluding hydrogens is 325 g/mol. The number of alkyl halides is 3. The van der Waals surface area contributed by atoms with Crippen molar-refractivity contribution in [2.75, 3.05) is 7.11 Å². The maximum absolute atomic E-state index is 12.9. The van der Waals surface area contributed by atoms with Crippen LogP contribution in [0.25, 0.3) is 0 Å². The Bertz CT molecular complexity index is 760. The van der Waals surface area contributed by atoms with Crippen molar-refractivity contribution in [1.29, 1.82) is 0 Å². The number of benzene rings is 2. The van der Waals surface area contributed by atoms with E-state index in [0.717, 1.165) is 12.1 Å². The zero-order valence-electron chi connectivity index (χ0n) is 12.5. The Labute approximate surface area is 135 Å². The smallest absolute Gasteiger partial charge is 0.417 e. The molecule has 0 unspecified atom stereocenters. The lowest BCUT2D eigenvalue weighted by Crippen LogP contribution is -2.42. The summed E-state index contributed by atoms with van der Waals surface area (Å²) in [5.74, 6) is -1.53. The van der Waals surface area contributed by atoms with Gasteiger partial charge in [-0.15, -0.1) is 0 Å². The van der Waals surface area contributed by atoms with Crippen molar-refractivity contribution in [2.45, 2.75) is 6.18 Å². The predicted molar refractivity (Wildman–Crippen MR) is 79.4 cm³/mol. The second-order valence-electron chi connectivity index (χ2n) is 4.65. The molecule has 0 saturated carbocycles. The molecule has 126 valence electrons. The highest BCUT2D eigenvalue weighted by atomic mass is 19.4. The number of hydrazine groups is 1. The molecule has 0 bridgehead atoms. The van der Waals surface area contributed by atoms with Gasteiger partial charge in [0.15, 0.2) is 0 Å². The van der Waals surface area contributed by atoms with Crippen LogP contribution in [-0.2, 0) is 6.18 Å². The molecule has 5 nitrogen and oxygen atoms in total. The van der Waals surface area contributed by atoms with Crippen LogP contribution in [-0.4, -0.2) is 18.9 Å². The molecule has 0 aliphatic rings. The van der Waals surface area contributed by atoms with E-state index in [-0.39, 0.29) is 11.3 Å². The lowest BCUT2D eigenvalue weighted by Gasteiger charge is -2.13. The SMILES string of the molecule is COc1ccccc1C(=O)NNC(=O)c1ccccc1C(F)(F)F. The highest BCUT2D eigenvalue weighted by Gasteiger charge is 2.34. The van der Waals surface area contributed by atoms with E-state index in [1.165, 1.54) is 31.4 Å². The first kappa shape index (κ1) is 17.3. The van der Waals surface area contributed by atoms with Crippen molar-refractivity contribution in [3.8, 4) is 5.75 Å². The van der Waals surface area contributed by atoms with E-state index >= 15 is 0 Å². The van der Waals surface area contributed by atoms with Crippen molar-refractivity contribution in [2.24, 2.45) is 0 Å². The van der Waals surface area contributed by atoms with Gasteiger partial charge in [-0.3, -0.25) is 20.4 Å². The molecular formula is C16H13F3N2O3. The van der Waals surface area contributed by atoms with Gasteiger partial charge < -0.3 is 4.74 Å². The molecule has 2 aromatic carbocycles. The minimum atomic E-state index is -4.68. The first-order valence-corrected chi connectivity index (χ1v) is 6.74. The minimum absolute atomic E-state index is 0.129. The zero-order chi connectivity index (χ0) is 17.7.